The second kappa shape index (κ2) is 6.57. The van der Waals surface area contributed by atoms with Gasteiger partial charge < -0.3 is 20.3 Å². The Balaban J connectivity index is 2.26. The predicted octanol–water partition coefficient (Wildman–Crippen LogP) is 2.10. The first-order chi connectivity index (χ1) is 10.5. The van der Waals surface area contributed by atoms with E-state index in [2.05, 4.69) is 10.3 Å². The summed E-state index contributed by atoms with van der Waals surface area (Å²) in [6.07, 6.45) is 1.20. The van der Waals surface area contributed by atoms with Crippen LogP contribution in [0.1, 0.15) is 26.4 Å². The third-order valence-corrected chi connectivity index (χ3v) is 3.02. The van der Waals surface area contributed by atoms with Crippen LogP contribution in [0.5, 0.6) is 5.75 Å². The maximum Gasteiger partial charge on any atom is 0.354 e. The van der Waals surface area contributed by atoms with E-state index in [1.807, 2.05) is 18.2 Å². The van der Waals surface area contributed by atoms with E-state index in [1.54, 1.807) is 13.2 Å². The van der Waals surface area contributed by atoms with Crippen LogP contribution in [0.15, 0.2) is 36.5 Å². The molecule has 114 valence electrons. The van der Waals surface area contributed by atoms with Gasteiger partial charge in [-0.1, -0.05) is 18.2 Å². The summed E-state index contributed by atoms with van der Waals surface area (Å²) in [6.45, 7) is 0.318. The first kappa shape index (κ1) is 15.3. The minimum atomic E-state index is -1.28. The number of benzene rings is 1. The number of ether oxygens (including phenoxy) is 1. The lowest BCUT2D eigenvalue weighted by atomic mass is 10.1. The van der Waals surface area contributed by atoms with Crippen LogP contribution in [-0.2, 0) is 6.54 Å². The molecule has 0 aliphatic heterocycles. The summed E-state index contributed by atoms with van der Waals surface area (Å²) in [5, 5.41) is 21.0. The quantitative estimate of drug-likeness (QED) is 0.749. The monoisotopic (exact) mass is 302 g/mol. The van der Waals surface area contributed by atoms with Crippen LogP contribution in [0.3, 0.4) is 0 Å². The average Bonchev–Trinajstić information content (AvgIpc) is 2.52. The third kappa shape index (κ3) is 3.32. The molecule has 0 amide bonds. The lowest BCUT2D eigenvalue weighted by Gasteiger charge is -2.12. The zero-order chi connectivity index (χ0) is 16.1. The molecule has 2 aromatic rings. The molecule has 2 rings (SSSR count). The van der Waals surface area contributed by atoms with Crippen molar-refractivity contribution in [2.24, 2.45) is 0 Å². The van der Waals surface area contributed by atoms with E-state index in [0.29, 0.717) is 12.3 Å². The number of carboxylic acids is 2. The number of para-hydroxylation sites is 1. The van der Waals surface area contributed by atoms with Gasteiger partial charge in [0.05, 0.1) is 24.6 Å². The molecule has 0 fully saturated rings. The average molecular weight is 302 g/mol. The van der Waals surface area contributed by atoms with Gasteiger partial charge in [-0.2, -0.15) is 0 Å². The molecule has 0 aliphatic rings. The molecule has 7 nitrogen and oxygen atoms in total. The minimum absolute atomic E-state index is 0.151. The van der Waals surface area contributed by atoms with Crippen LogP contribution in [-0.4, -0.2) is 34.2 Å². The number of aromatic carboxylic acids is 2. The Labute approximate surface area is 126 Å². The van der Waals surface area contributed by atoms with E-state index in [-0.39, 0.29) is 16.9 Å². The number of methoxy groups -OCH3 is 1. The highest BCUT2D eigenvalue weighted by atomic mass is 16.5. The smallest absolute Gasteiger partial charge is 0.354 e. The second-order valence-electron chi connectivity index (χ2n) is 4.39. The SMILES string of the molecule is COc1ccccc1CNc1cnc(C(=O)O)cc1C(=O)O. The Morgan fingerprint density at radius 2 is 1.95 bits per heavy atom. The highest BCUT2D eigenvalue weighted by Gasteiger charge is 2.15. The van der Waals surface area contributed by atoms with Crippen LogP contribution >= 0.6 is 0 Å². The summed E-state index contributed by atoms with van der Waals surface area (Å²) < 4.78 is 5.21. The van der Waals surface area contributed by atoms with Crippen molar-refractivity contribution < 1.29 is 24.5 Å². The first-order valence-electron chi connectivity index (χ1n) is 6.35. The Morgan fingerprint density at radius 1 is 1.23 bits per heavy atom. The molecule has 0 saturated heterocycles. The van der Waals surface area contributed by atoms with Gasteiger partial charge in [0.25, 0.3) is 0 Å². The molecule has 1 aromatic heterocycles. The van der Waals surface area contributed by atoms with Crippen molar-refractivity contribution in [1.82, 2.24) is 4.98 Å². The molecule has 0 aliphatic carbocycles. The number of hydrogen-bond donors (Lipinski definition) is 3. The summed E-state index contributed by atoms with van der Waals surface area (Å²) in [7, 11) is 1.55. The van der Waals surface area contributed by atoms with Gasteiger partial charge in [-0.3, -0.25) is 0 Å². The number of hydrogen-bond acceptors (Lipinski definition) is 5. The fraction of sp³-hybridized carbons (Fsp3) is 0.133. The zero-order valence-corrected chi connectivity index (χ0v) is 11.7. The Hall–Kier alpha value is -3.09. The molecule has 1 heterocycles. The fourth-order valence-electron chi connectivity index (χ4n) is 1.93. The van der Waals surface area contributed by atoms with Crippen LogP contribution in [0.4, 0.5) is 5.69 Å². The number of anilines is 1. The van der Waals surface area contributed by atoms with Gasteiger partial charge in [0.15, 0.2) is 0 Å². The number of pyridine rings is 1. The van der Waals surface area contributed by atoms with Gasteiger partial charge in [0.1, 0.15) is 11.4 Å². The molecule has 0 bridgehead atoms. The molecule has 1 aromatic carbocycles. The highest BCUT2D eigenvalue weighted by Crippen LogP contribution is 2.21. The van der Waals surface area contributed by atoms with E-state index < -0.39 is 11.9 Å². The van der Waals surface area contributed by atoms with Gasteiger partial charge in [0.2, 0.25) is 0 Å². The minimum Gasteiger partial charge on any atom is -0.496 e. The van der Waals surface area contributed by atoms with Crippen molar-refractivity contribution in [3.63, 3.8) is 0 Å². The Morgan fingerprint density at radius 3 is 2.59 bits per heavy atom. The van der Waals surface area contributed by atoms with Crippen LogP contribution in [0, 0.1) is 0 Å². The molecular weight excluding hydrogens is 288 g/mol. The molecular formula is C15H14N2O5. The van der Waals surface area contributed by atoms with Crippen molar-refractivity contribution in [2.75, 3.05) is 12.4 Å². The number of carbonyl (C=O) groups is 2. The largest absolute Gasteiger partial charge is 0.496 e. The highest BCUT2D eigenvalue weighted by molar-refractivity contribution is 5.97. The van der Waals surface area contributed by atoms with Crippen LogP contribution < -0.4 is 10.1 Å². The zero-order valence-electron chi connectivity index (χ0n) is 11.7. The lowest BCUT2D eigenvalue weighted by molar-refractivity contribution is 0.0690. The van der Waals surface area contributed by atoms with E-state index >= 15 is 0 Å². The van der Waals surface area contributed by atoms with Crippen LogP contribution in [0.2, 0.25) is 0 Å². The fourth-order valence-corrected chi connectivity index (χ4v) is 1.93. The summed E-state index contributed by atoms with van der Waals surface area (Å²) in [6, 6.07) is 8.32. The number of nitrogens with one attached hydrogen (secondary N) is 1. The van der Waals surface area contributed by atoms with Gasteiger partial charge >= 0.3 is 11.9 Å². The molecule has 3 N–H and O–H groups in total. The van der Waals surface area contributed by atoms with E-state index in [9.17, 15) is 14.7 Å². The number of nitrogens with zero attached hydrogens (tertiary/aromatic N) is 1. The summed E-state index contributed by atoms with van der Waals surface area (Å²) in [5.74, 6) is -1.84. The van der Waals surface area contributed by atoms with Gasteiger partial charge in [-0.25, -0.2) is 14.6 Å². The first-order valence-corrected chi connectivity index (χ1v) is 6.35. The number of rotatable bonds is 6. The second-order valence-corrected chi connectivity index (χ2v) is 4.39. The molecule has 0 spiro atoms. The van der Waals surface area contributed by atoms with Crippen LogP contribution in [0.25, 0.3) is 0 Å². The van der Waals surface area contributed by atoms with E-state index in [4.69, 9.17) is 9.84 Å². The van der Waals surface area contributed by atoms with E-state index in [1.165, 1.54) is 6.20 Å². The van der Waals surface area contributed by atoms with Gasteiger partial charge in [0, 0.05) is 12.1 Å². The predicted molar refractivity (Wildman–Crippen MR) is 78.5 cm³/mol. The number of carboxylic acid groups (broad SMARTS) is 2. The Kier molecular flexibility index (Phi) is 4.57. The summed E-state index contributed by atoms with van der Waals surface area (Å²) >= 11 is 0. The normalized spacial score (nSPS) is 10.0. The summed E-state index contributed by atoms with van der Waals surface area (Å²) in [5.41, 5.74) is 0.606. The van der Waals surface area contributed by atoms with Gasteiger partial charge in [-0.15, -0.1) is 0 Å². The van der Waals surface area contributed by atoms with Crippen molar-refractivity contribution in [1.29, 1.82) is 0 Å². The van der Waals surface area contributed by atoms with Crippen molar-refractivity contribution in [2.45, 2.75) is 6.54 Å². The van der Waals surface area contributed by atoms with Gasteiger partial charge in [-0.05, 0) is 12.1 Å². The standard InChI is InChI=1S/C15H14N2O5/c1-22-13-5-3-2-4-9(13)7-16-12-8-17-11(15(20)21)6-10(12)14(18)19/h2-6,8,16H,7H2,1H3,(H,18,19)(H,20,21). The van der Waals surface area contributed by atoms with Crippen molar-refractivity contribution >= 4 is 17.6 Å². The molecule has 0 saturated carbocycles. The lowest BCUT2D eigenvalue weighted by Crippen LogP contribution is -2.10. The van der Waals surface area contributed by atoms with Crippen molar-refractivity contribution in [3.8, 4) is 5.75 Å². The third-order valence-electron chi connectivity index (χ3n) is 3.02. The summed E-state index contributed by atoms with van der Waals surface area (Å²) in [4.78, 5) is 25.8. The molecule has 0 radical (unpaired) electrons. The Bertz CT molecular complexity index is 715. The topological polar surface area (TPSA) is 109 Å². The molecule has 0 atom stereocenters. The molecule has 0 unspecified atom stereocenters. The molecule has 7 heteroatoms. The molecule has 22 heavy (non-hydrogen) atoms. The number of aromatic nitrogens is 1. The maximum atomic E-state index is 11.2. The maximum absolute atomic E-state index is 11.2. The van der Waals surface area contributed by atoms with Crippen molar-refractivity contribution in [3.05, 3.63) is 53.3 Å². The van der Waals surface area contributed by atoms with E-state index in [0.717, 1.165) is 11.6 Å².